The van der Waals surface area contributed by atoms with E-state index in [1.54, 1.807) is 4.90 Å². The highest BCUT2D eigenvalue weighted by Gasteiger charge is 2.30. The molecule has 6 nitrogen and oxygen atoms in total. The highest BCUT2D eigenvalue weighted by molar-refractivity contribution is 5.75. The van der Waals surface area contributed by atoms with Crippen LogP contribution in [-0.4, -0.2) is 84.8 Å². The molecule has 3 rings (SSSR count). The van der Waals surface area contributed by atoms with E-state index in [4.69, 9.17) is 0 Å². The monoisotopic (exact) mass is 346 g/mol. The van der Waals surface area contributed by atoms with Gasteiger partial charge in [-0.3, -0.25) is 4.90 Å². The number of hydrogen-bond acceptors (Lipinski definition) is 4. The van der Waals surface area contributed by atoms with Gasteiger partial charge in [-0.2, -0.15) is 0 Å². The number of carbonyl (C=O) groups is 1. The maximum Gasteiger partial charge on any atom is 0.318 e. The Labute approximate surface area is 150 Å². The maximum absolute atomic E-state index is 12.8. The van der Waals surface area contributed by atoms with Crippen LogP contribution in [-0.2, 0) is 0 Å². The molecule has 0 spiro atoms. The fraction of sp³-hybridized carbons (Fsp3) is 0.632. The third-order valence-electron chi connectivity index (χ3n) is 5.39. The van der Waals surface area contributed by atoms with E-state index in [-0.39, 0.29) is 24.7 Å². The molecule has 0 saturated carbocycles. The molecular formula is C19H30N4O2. The smallest absolute Gasteiger partial charge is 0.318 e. The number of aliphatic hydroxyl groups excluding tert-OH is 1. The van der Waals surface area contributed by atoms with Crippen molar-refractivity contribution in [2.24, 2.45) is 0 Å². The molecule has 25 heavy (non-hydrogen) atoms. The van der Waals surface area contributed by atoms with Crippen molar-refractivity contribution in [2.75, 3.05) is 52.9 Å². The van der Waals surface area contributed by atoms with E-state index in [9.17, 15) is 9.90 Å². The number of aliphatic hydroxyl groups is 1. The Morgan fingerprint density at radius 1 is 1.20 bits per heavy atom. The van der Waals surface area contributed by atoms with Crippen LogP contribution in [0.5, 0.6) is 0 Å². The zero-order valence-corrected chi connectivity index (χ0v) is 15.1. The number of urea groups is 1. The van der Waals surface area contributed by atoms with E-state index in [1.165, 1.54) is 0 Å². The minimum atomic E-state index is -0.0560. The minimum Gasteiger partial charge on any atom is -0.394 e. The molecule has 6 heteroatoms. The summed E-state index contributed by atoms with van der Waals surface area (Å²) in [6.45, 7) is 5.77. The molecule has 2 saturated heterocycles. The molecule has 0 aromatic heterocycles. The van der Waals surface area contributed by atoms with Crippen LogP contribution in [0.3, 0.4) is 0 Å². The van der Waals surface area contributed by atoms with Crippen molar-refractivity contribution in [2.45, 2.75) is 24.9 Å². The number of amides is 2. The number of carbonyl (C=O) groups excluding carboxylic acids is 1. The standard InChI is InChI=1S/C19H30N4O2/c1-21-10-12-22(13-11-21)14-18(16-6-3-2-4-7-16)20-19(25)23-9-5-8-17(23)15-24/h2-4,6-7,17-18,24H,5,8-15H2,1H3,(H,20,25). The van der Waals surface area contributed by atoms with Crippen molar-refractivity contribution in [3.63, 3.8) is 0 Å². The van der Waals surface area contributed by atoms with Gasteiger partial charge in [0.15, 0.2) is 0 Å². The van der Waals surface area contributed by atoms with Gasteiger partial charge < -0.3 is 20.2 Å². The van der Waals surface area contributed by atoms with Gasteiger partial charge in [0.1, 0.15) is 0 Å². The zero-order valence-electron chi connectivity index (χ0n) is 15.1. The number of hydrogen-bond donors (Lipinski definition) is 2. The van der Waals surface area contributed by atoms with Gasteiger partial charge in [-0.15, -0.1) is 0 Å². The zero-order chi connectivity index (χ0) is 17.6. The highest BCUT2D eigenvalue weighted by atomic mass is 16.3. The normalized spacial score (nSPS) is 23.6. The van der Waals surface area contributed by atoms with Gasteiger partial charge in [-0.1, -0.05) is 30.3 Å². The summed E-state index contributed by atoms with van der Waals surface area (Å²) in [7, 11) is 2.15. The summed E-state index contributed by atoms with van der Waals surface area (Å²) in [4.78, 5) is 19.3. The number of benzene rings is 1. The molecular weight excluding hydrogens is 316 g/mol. The Bertz CT molecular complexity index is 546. The third-order valence-corrected chi connectivity index (χ3v) is 5.39. The van der Waals surface area contributed by atoms with E-state index in [2.05, 4.69) is 34.3 Å². The molecule has 2 aliphatic heterocycles. The van der Waals surface area contributed by atoms with Crippen molar-refractivity contribution < 1.29 is 9.90 Å². The van der Waals surface area contributed by atoms with Crippen LogP contribution in [0.25, 0.3) is 0 Å². The lowest BCUT2D eigenvalue weighted by Crippen LogP contribution is -2.50. The molecule has 2 amide bonds. The van der Waals surface area contributed by atoms with Gasteiger partial charge in [0, 0.05) is 39.3 Å². The molecule has 1 aromatic rings. The quantitative estimate of drug-likeness (QED) is 0.839. The van der Waals surface area contributed by atoms with Crippen molar-refractivity contribution in [3.8, 4) is 0 Å². The van der Waals surface area contributed by atoms with Crippen molar-refractivity contribution in [1.29, 1.82) is 0 Å². The van der Waals surface area contributed by atoms with Crippen LogP contribution in [0.4, 0.5) is 4.79 Å². The first-order valence-electron chi connectivity index (χ1n) is 9.31. The largest absolute Gasteiger partial charge is 0.394 e. The van der Waals surface area contributed by atoms with Gasteiger partial charge in [0.2, 0.25) is 0 Å². The van der Waals surface area contributed by atoms with Crippen LogP contribution in [0.1, 0.15) is 24.4 Å². The average molecular weight is 346 g/mol. The summed E-state index contributed by atoms with van der Waals surface area (Å²) in [5, 5.41) is 12.7. The van der Waals surface area contributed by atoms with E-state index < -0.39 is 0 Å². The van der Waals surface area contributed by atoms with Crippen LogP contribution in [0, 0.1) is 0 Å². The van der Waals surface area contributed by atoms with E-state index in [1.807, 2.05) is 18.2 Å². The van der Waals surface area contributed by atoms with Gasteiger partial charge >= 0.3 is 6.03 Å². The van der Waals surface area contributed by atoms with Crippen LogP contribution >= 0.6 is 0 Å². The second-order valence-electron chi connectivity index (χ2n) is 7.19. The maximum atomic E-state index is 12.8. The Kier molecular flexibility index (Phi) is 6.29. The number of likely N-dealkylation sites (tertiary alicyclic amines) is 1. The summed E-state index contributed by atoms with van der Waals surface area (Å²) in [6.07, 6.45) is 1.85. The fourth-order valence-corrected chi connectivity index (χ4v) is 3.73. The van der Waals surface area contributed by atoms with E-state index in [0.29, 0.717) is 0 Å². The fourth-order valence-electron chi connectivity index (χ4n) is 3.73. The molecule has 2 fully saturated rings. The van der Waals surface area contributed by atoms with Crippen LogP contribution in [0.2, 0.25) is 0 Å². The second-order valence-corrected chi connectivity index (χ2v) is 7.19. The number of piperazine rings is 1. The molecule has 138 valence electrons. The van der Waals surface area contributed by atoms with Gasteiger partial charge in [-0.25, -0.2) is 4.79 Å². The van der Waals surface area contributed by atoms with E-state index >= 15 is 0 Å². The van der Waals surface area contributed by atoms with Gasteiger partial charge in [0.25, 0.3) is 0 Å². The molecule has 2 heterocycles. The average Bonchev–Trinajstić information content (AvgIpc) is 3.12. The summed E-state index contributed by atoms with van der Waals surface area (Å²) in [6, 6.07) is 10.1. The first kappa shape index (κ1) is 18.2. The predicted molar refractivity (Wildman–Crippen MR) is 98.5 cm³/mol. The Morgan fingerprint density at radius 2 is 1.92 bits per heavy atom. The van der Waals surface area contributed by atoms with E-state index in [0.717, 1.165) is 57.7 Å². The second kappa shape index (κ2) is 8.65. The number of rotatable bonds is 5. The minimum absolute atomic E-state index is 0.0305. The van der Waals surface area contributed by atoms with Crippen LogP contribution in [0.15, 0.2) is 30.3 Å². The number of nitrogens with one attached hydrogen (secondary N) is 1. The molecule has 2 atom stereocenters. The molecule has 0 bridgehead atoms. The molecule has 0 aliphatic carbocycles. The molecule has 1 aromatic carbocycles. The summed E-state index contributed by atoms with van der Waals surface area (Å²) >= 11 is 0. The number of likely N-dealkylation sites (N-methyl/N-ethyl adjacent to an activating group) is 1. The summed E-state index contributed by atoms with van der Waals surface area (Å²) < 4.78 is 0. The first-order chi connectivity index (χ1) is 12.2. The summed E-state index contributed by atoms with van der Waals surface area (Å²) in [5.74, 6) is 0. The molecule has 2 N–H and O–H groups in total. The topological polar surface area (TPSA) is 59.0 Å². The van der Waals surface area contributed by atoms with Crippen molar-refractivity contribution in [1.82, 2.24) is 20.0 Å². The lowest BCUT2D eigenvalue weighted by atomic mass is 10.1. The lowest BCUT2D eigenvalue weighted by molar-refractivity contribution is 0.133. The van der Waals surface area contributed by atoms with Gasteiger partial charge in [-0.05, 0) is 25.5 Å². The third kappa shape index (κ3) is 4.71. The SMILES string of the molecule is CN1CCN(CC(NC(=O)N2CCCC2CO)c2ccccc2)CC1. The van der Waals surface area contributed by atoms with Crippen molar-refractivity contribution in [3.05, 3.63) is 35.9 Å². The summed E-state index contributed by atoms with van der Waals surface area (Å²) in [5.41, 5.74) is 1.13. The Balaban J connectivity index is 1.67. The van der Waals surface area contributed by atoms with Crippen molar-refractivity contribution >= 4 is 6.03 Å². The molecule has 0 radical (unpaired) electrons. The number of nitrogens with zero attached hydrogens (tertiary/aromatic N) is 3. The van der Waals surface area contributed by atoms with Crippen LogP contribution < -0.4 is 5.32 Å². The molecule has 2 unspecified atom stereocenters. The lowest BCUT2D eigenvalue weighted by Gasteiger charge is -2.35. The molecule has 2 aliphatic rings. The highest BCUT2D eigenvalue weighted by Crippen LogP contribution is 2.20. The van der Waals surface area contributed by atoms with Gasteiger partial charge in [0.05, 0.1) is 18.7 Å². The Hall–Kier alpha value is -1.63. The first-order valence-corrected chi connectivity index (χ1v) is 9.31. The predicted octanol–water partition coefficient (Wildman–Crippen LogP) is 1.14. The Morgan fingerprint density at radius 3 is 2.60 bits per heavy atom.